The lowest BCUT2D eigenvalue weighted by Crippen LogP contribution is -2.45. The largest absolute Gasteiger partial charge is 0.388 e. The van der Waals surface area contributed by atoms with Gasteiger partial charge in [-0.15, -0.1) is 0 Å². The fraction of sp³-hybridized carbons (Fsp3) is 0.933. The zero-order chi connectivity index (χ0) is 14.1. The fourth-order valence-electron chi connectivity index (χ4n) is 2.46. The van der Waals surface area contributed by atoms with Gasteiger partial charge in [-0.2, -0.15) is 0 Å². The van der Waals surface area contributed by atoms with E-state index in [0.717, 1.165) is 25.3 Å². The fourth-order valence-corrected chi connectivity index (χ4v) is 2.46. The predicted molar refractivity (Wildman–Crippen MR) is 81.5 cm³/mol. The highest BCUT2D eigenvalue weighted by molar-refractivity contribution is 5.80. The van der Waals surface area contributed by atoms with E-state index in [0.29, 0.717) is 12.6 Å². The SMILES string of the molecule is CCNC(=NCC(O)(CC)CC)NC1CCCCC1. The first kappa shape index (κ1) is 16.3. The molecule has 0 amide bonds. The van der Waals surface area contributed by atoms with E-state index in [-0.39, 0.29) is 0 Å². The standard InChI is InChI=1S/C15H31N3O/c1-4-15(19,5-2)12-17-14(16-6-3)18-13-10-8-7-9-11-13/h13,19H,4-12H2,1-3H3,(H2,16,17,18). The van der Waals surface area contributed by atoms with E-state index in [2.05, 4.69) is 22.5 Å². The molecule has 1 fully saturated rings. The smallest absolute Gasteiger partial charge is 0.191 e. The molecule has 0 bridgehead atoms. The molecule has 1 aliphatic carbocycles. The van der Waals surface area contributed by atoms with Crippen LogP contribution in [0.3, 0.4) is 0 Å². The summed E-state index contributed by atoms with van der Waals surface area (Å²) in [5, 5.41) is 17.1. The van der Waals surface area contributed by atoms with Gasteiger partial charge in [0.2, 0.25) is 0 Å². The highest BCUT2D eigenvalue weighted by Crippen LogP contribution is 2.18. The predicted octanol–water partition coefficient (Wildman–Crippen LogP) is 2.43. The molecule has 1 aliphatic rings. The quantitative estimate of drug-likeness (QED) is 0.513. The van der Waals surface area contributed by atoms with Crippen molar-refractivity contribution in [1.29, 1.82) is 0 Å². The van der Waals surface area contributed by atoms with Crippen LogP contribution in [0.25, 0.3) is 0 Å². The highest BCUT2D eigenvalue weighted by Gasteiger charge is 2.22. The maximum absolute atomic E-state index is 10.3. The number of aliphatic hydroxyl groups is 1. The molecule has 4 heteroatoms. The third-order valence-corrected chi connectivity index (χ3v) is 4.14. The van der Waals surface area contributed by atoms with Crippen molar-refractivity contribution in [2.75, 3.05) is 13.1 Å². The van der Waals surface area contributed by atoms with Gasteiger partial charge in [0.25, 0.3) is 0 Å². The van der Waals surface area contributed by atoms with Gasteiger partial charge in [-0.05, 0) is 32.6 Å². The van der Waals surface area contributed by atoms with Gasteiger partial charge in [-0.1, -0.05) is 33.1 Å². The first-order valence-corrected chi connectivity index (χ1v) is 7.90. The molecular weight excluding hydrogens is 238 g/mol. The first-order valence-electron chi connectivity index (χ1n) is 7.90. The zero-order valence-electron chi connectivity index (χ0n) is 12.8. The third-order valence-electron chi connectivity index (χ3n) is 4.14. The number of hydrogen-bond acceptors (Lipinski definition) is 2. The highest BCUT2D eigenvalue weighted by atomic mass is 16.3. The number of hydrogen-bond donors (Lipinski definition) is 3. The van der Waals surface area contributed by atoms with Gasteiger partial charge in [-0.3, -0.25) is 4.99 Å². The van der Waals surface area contributed by atoms with Crippen LogP contribution in [0.2, 0.25) is 0 Å². The van der Waals surface area contributed by atoms with Crippen LogP contribution in [0.1, 0.15) is 65.7 Å². The first-order chi connectivity index (χ1) is 9.13. The molecule has 0 aromatic rings. The van der Waals surface area contributed by atoms with Crippen LogP contribution >= 0.6 is 0 Å². The van der Waals surface area contributed by atoms with Gasteiger partial charge in [0.15, 0.2) is 5.96 Å². The Labute approximate surface area is 118 Å². The summed E-state index contributed by atoms with van der Waals surface area (Å²) in [6, 6.07) is 0.544. The Morgan fingerprint density at radius 3 is 2.32 bits per heavy atom. The summed E-state index contributed by atoms with van der Waals surface area (Å²) >= 11 is 0. The van der Waals surface area contributed by atoms with Crippen molar-refractivity contribution in [2.45, 2.75) is 77.4 Å². The number of rotatable bonds is 6. The molecule has 0 atom stereocenters. The Balaban J connectivity index is 2.54. The van der Waals surface area contributed by atoms with Crippen LogP contribution < -0.4 is 10.6 Å². The van der Waals surface area contributed by atoms with Crippen molar-refractivity contribution in [3.05, 3.63) is 0 Å². The molecule has 0 aliphatic heterocycles. The summed E-state index contributed by atoms with van der Waals surface area (Å²) in [6.07, 6.45) is 7.94. The minimum Gasteiger partial charge on any atom is -0.388 e. The van der Waals surface area contributed by atoms with E-state index in [9.17, 15) is 5.11 Å². The molecule has 1 saturated carbocycles. The summed E-state index contributed by atoms with van der Waals surface area (Å²) in [4.78, 5) is 4.57. The molecule has 4 nitrogen and oxygen atoms in total. The van der Waals surface area contributed by atoms with E-state index in [4.69, 9.17) is 0 Å². The van der Waals surface area contributed by atoms with Gasteiger partial charge >= 0.3 is 0 Å². The summed E-state index contributed by atoms with van der Waals surface area (Å²) in [6.45, 7) is 7.43. The van der Waals surface area contributed by atoms with E-state index < -0.39 is 5.60 Å². The molecule has 0 heterocycles. The zero-order valence-corrected chi connectivity index (χ0v) is 12.8. The molecular formula is C15H31N3O. The van der Waals surface area contributed by atoms with Crippen molar-refractivity contribution < 1.29 is 5.11 Å². The lowest BCUT2D eigenvalue weighted by atomic mass is 9.95. The number of nitrogens with one attached hydrogen (secondary N) is 2. The van der Waals surface area contributed by atoms with Crippen LogP contribution in [-0.4, -0.2) is 35.8 Å². The number of aliphatic imine (C=N–C) groups is 1. The molecule has 0 aromatic heterocycles. The van der Waals surface area contributed by atoms with Gasteiger partial charge in [0.05, 0.1) is 12.1 Å². The number of guanidine groups is 1. The average Bonchev–Trinajstić information content (AvgIpc) is 2.46. The molecule has 0 spiro atoms. The topological polar surface area (TPSA) is 56.7 Å². The van der Waals surface area contributed by atoms with E-state index >= 15 is 0 Å². The molecule has 0 saturated heterocycles. The summed E-state index contributed by atoms with van der Waals surface area (Å²) in [7, 11) is 0. The van der Waals surface area contributed by atoms with E-state index in [1.54, 1.807) is 0 Å². The van der Waals surface area contributed by atoms with E-state index in [1.807, 2.05) is 13.8 Å². The minimum absolute atomic E-state index is 0.474. The Bertz CT molecular complexity index is 269. The van der Waals surface area contributed by atoms with Gasteiger partial charge < -0.3 is 15.7 Å². The Morgan fingerprint density at radius 1 is 1.16 bits per heavy atom. The maximum Gasteiger partial charge on any atom is 0.191 e. The van der Waals surface area contributed by atoms with E-state index in [1.165, 1.54) is 32.1 Å². The van der Waals surface area contributed by atoms with Crippen molar-refractivity contribution in [2.24, 2.45) is 4.99 Å². The van der Waals surface area contributed by atoms with Gasteiger partial charge in [-0.25, -0.2) is 0 Å². The monoisotopic (exact) mass is 269 g/mol. The molecule has 19 heavy (non-hydrogen) atoms. The van der Waals surface area contributed by atoms with Crippen molar-refractivity contribution in [3.8, 4) is 0 Å². The second-order valence-corrected chi connectivity index (χ2v) is 5.61. The summed E-state index contributed by atoms with van der Waals surface area (Å²) < 4.78 is 0. The van der Waals surface area contributed by atoms with Crippen LogP contribution in [0.15, 0.2) is 4.99 Å². The molecule has 0 unspecified atom stereocenters. The Kier molecular flexibility index (Phi) is 7.21. The normalized spacial score (nSPS) is 18.4. The van der Waals surface area contributed by atoms with Crippen LogP contribution in [0, 0.1) is 0 Å². The van der Waals surface area contributed by atoms with Crippen molar-refractivity contribution in [1.82, 2.24) is 10.6 Å². The number of nitrogens with zero attached hydrogens (tertiary/aromatic N) is 1. The van der Waals surface area contributed by atoms with Crippen LogP contribution in [-0.2, 0) is 0 Å². The van der Waals surface area contributed by atoms with Crippen LogP contribution in [0.5, 0.6) is 0 Å². The Hall–Kier alpha value is -0.770. The van der Waals surface area contributed by atoms with Crippen molar-refractivity contribution in [3.63, 3.8) is 0 Å². The minimum atomic E-state index is -0.658. The molecule has 3 N–H and O–H groups in total. The molecule has 112 valence electrons. The maximum atomic E-state index is 10.3. The Morgan fingerprint density at radius 2 is 1.79 bits per heavy atom. The van der Waals surface area contributed by atoms with Gasteiger partial charge in [0, 0.05) is 12.6 Å². The lowest BCUT2D eigenvalue weighted by Gasteiger charge is -2.27. The second kappa shape index (κ2) is 8.41. The summed E-state index contributed by atoms with van der Waals surface area (Å²) in [5.41, 5.74) is -0.658. The van der Waals surface area contributed by atoms with Crippen LogP contribution in [0.4, 0.5) is 0 Å². The summed E-state index contributed by atoms with van der Waals surface area (Å²) in [5.74, 6) is 0.856. The average molecular weight is 269 g/mol. The third kappa shape index (κ3) is 5.81. The molecule has 0 aromatic carbocycles. The molecule has 0 radical (unpaired) electrons. The molecule has 1 rings (SSSR count). The van der Waals surface area contributed by atoms with Gasteiger partial charge in [0.1, 0.15) is 0 Å². The van der Waals surface area contributed by atoms with Crippen molar-refractivity contribution >= 4 is 5.96 Å². The second-order valence-electron chi connectivity index (χ2n) is 5.61. The lowest BCUT2D eigenvalue weighted by molar-refractivity contribution is 0.0417.